The number of ether oxygens (including phenoxy) is 1. The van der Waals surface area contributed by atoms with Gasteiger partial charge in [0.1, 0.15) is 0 Å². The molecular weight excluding hydrogens is 357 g/mol. The quantitative estimate of drug-likeness (QED) is 0.731. The van der Waals surface area contributed by atoms with Gasteiger partial charge in [-0.3, -0.25) is 9.69 Å². The molecule has 0 radical (unpaired) electrons. The highest BCUT2D eigenvalue weighted by atomic mass is 19.4. The second-order valence-corrected chi connectivity index (χ2v) is 7.13. The first-order chi connectivity index (χ1) is 12.8. The van der Waals surface area contributed by atoms with Crippen LogP contribution in [0.15, 0.2) is 30.3 Å². The Hall–Kier alpha value is -1.86. The third-order valence-corrected chi connectivity index (χ3v) is 4.46. The van der Waals surface area contributed by atoms with Crippen LogP contribution in [-0.4, -0.2) is 49.7 Å². The van der Waals surface area contributed by atoms with Gasteiger partial charge < -0.3 is 10.1 Å². The van der Waals surface area contributed by atoms with E-state index < -0.39 is 11.7 Å². The summed E-state index contributed by atoms with van der Waals surface area (Å²) in [5, 5.41) is 2.87. The number of hydrogen-bond donors (Lipinski definition) is 1. The van der Waals surface area contributed by atoms with Crippen molar-refractivity contribution in [2.45, 2.75) is 32.5 Å². The summed E-state index contributed by atoms with van der Waals surface area (Å²) < 4.78 is 43.6. The van der Waals surface area contributed by atoms with Gasteiger partial charge in [-0.25, -0.2) is 0 Å². The summed E-state index contributed by atoms with van der Waals surface area (Å²) in [6.45, 7) is 7.85. The molecule has 2 rings (SSSR count). The molecule has 1 aromatic carbocycles. The average Bonchev–Trinajstić information content (AvgIpc) is 2.63. The first-order valence-electron chi connectivity index (χ1n) is 9.20. The Morgan fingerprint density at radius 3 is 2.63 bits per heavy atom. The van der Waals surface area contributed by atoms with Gasteiger partial charge in [-0.15, -0.1) is 0 Å². The Kier molecular flexibility index (Phi) is 7.86. The Labute approximate surface area is 158 Å². The highest BCUT2D eigenvalue weighted by molar-refractivity contribution is 5.91. The van der Waals surface area contributed by atoms with E-state index in [4.69, 9.17) is 4.74 Å². The molecule has 1 saturated heterocycles. The molecule has 1 aliphatic rings. The molecule has 27 heavy (non-hydrogen) atoms. The molecule has 4 nitrogen and oxygen atoms in total. The monoisotopic (exact) mass is 384 g/mol. The van der Waals surface area contributed by atoms with Gasteiger partial charge in [-0.05, 0) is 36.1 Å². The summed E-state index contributed by atoms with van der Waals surface area (Å²) in [6.07, 6.45) is -0.760. The maximum absolute atomic E-state index is 12.7. The zero-order valence-electron chi connectivity index (χ0n) is 15.8. The molecule has 1 aliphatic heterocycles. The third-order valence-electron chi connectivity index (χ3n) is 4.46. The van der Waals surface area contributed by atoms with Crippen molar-refractivity contribution in [3.05, 3.63) is 41.5 Å². The SMILES string of the molecule is CC(C)CC(CNC(=O)/C=C/c1cccc(C(F)(F)F)c1)N1CCOCC1. The van der Waals surface area contributed by atoms with E-state index >= 15 is 0 Å². The van der Waals surface area contributed by atoms with E-state index in [1.54, 1.807) is 0 Å². The van der Waals surface area contributed by atoms with E-state index in [0.717, 1.165) is 31.6 Å². The molecule has 0 aliphatic carbocycles. The molecule has 1 N–H and O–H groups in total. The van der Waals surface area contributed by atoms with Crippen molar-refractivity contribution in [1.82, 2.24) is 10.2 Å². The van der Waals surface area contributed by atoms with Gasteiger partial charge >= 0.3 is 6.18 Å². The van der Waals surface area contributed by atoms with Crippen LogP contribution in [0.4, 0.5) is 13.2 Å². The van der Waals surface area contributed by atoms with Gasteiger partial charge in [-0.1, -0.05) is 26.0 Å². The number of benzene rings is 1. The minimum absolute atomic E-state index is 0.222. The maximum atomic E-state index is 12.7. The lowest BCUT2D eigenvalue weighted by Gasteiger charge is -2.35. The van der Waals surface area contributed by atoms with Crippen LogP contribution in [0.1, 0.15) is 31.4 Å². The first-order valence-corrected chi connectivity index (χ1v) is 9.20. The molecular formula is C20H27F3N2O2. The van der Waals surface area contributed by atoms with E-state index in [-0.39, 0.29) is 11.9 Å². The number of carbonyl (C=O) groups excluding carboxylic acids is 1. The number of alkyl halides is 3. The minimum Gasteiger partial charge on any atom is -0.379 e. The lowest BCUT2D eigenvalue weighted by Crippen LogP contribution is -2.49. The fourth-order valence-electron chi connectivity index (χ4n) is 3.12. The molecule has 1 aromatic rings. The normalized spacial score (nSPS) is 17.4. The number of hydrogen-bond acceptors (Lipinski definition) is 3. The second-order valence-electron chi connectivity index (χ2n) is 7.13. The number of halogens is 3. The van der Waals surface area contributed by atoms with Gasteiger partial charge in [0.25, 0.3) is 0 Å². The van der Waals surface area contributed by atoms with Crippen molar-refractivity contribution in [3.8, 4) is 0 Å². The fraction of sp³-hybridized carbons (Fsp3) is 0.550. The van der Waals surface area contributed by atoms with Crippen molar-refractivity contribution >= 4 is 12.0 Å². The molecule has 1 heterocycles. The van der Waals surface area contributed by atoms with Gasteiger partial charge in [0.15, 0.2) is 0 Å². The number of nitrogens with zero attached hydrogens (tertiary/aromatic N) is 1. The van der Waals surface area contributed by atoms with Gasteiger partial charge in [0.2, 0.25) is 5.91 Å². The fourth-order valence-corrected chi connectivity index (χ4v) is 3.12. The highest BCUT2D eigenvalue weighted by Crippen LogP contribution is 2.29. The molecule has 1 atom stereocenters. The Bertz CT molecular complexity index is 638. The summed E-state index contributed by atoms with van der Waals surface area (Å²) in [5.74, 6) is 0.185. The summed E-state index contributed by atoms with van der Waals surface area (Å²) in [4.78, 5) is 14.4. The average molecular weight is 384 g/mol. The Balaban J connectivity index is 1.92. The second kappa shape index (κ2) is 9.90. The Morgan fingerprint density at radius 2 is 2.00 bits per heavy atom. The van der Waals surface area contributed by atoms with Crippen molar-refractivity contribution in [3.63, 3.8) is 0 Å². The third kappa shape index (κ3) is 7.34. The standard InChI is InChI=1S/C20H27F3N2O2/c1-15(2)12-18(25-8-10-27-11-9-25)14-24-19(26)7-6-16-4-3-5-17(13-16)20(21,22)23/h3-7,13,15,18H,8-12,14H2,1-2H3,(H,24,26)/b7-6+. The molecule has 0 spiro atoms. The van der Waals surface area contributed by atoms with Crippen LogP contribution < -0.4 is 5.32 Å². The van der Waals surface area contributed by atoms with E-state index in [9.17, 15) is 18.0 Å². The zero-order chi connectivity index (χ0) is 19.9. The van der Waals surface area contributed by atoms with E-state index in [2.05, 4.69) is 24.1 Å². The molecule has 1 unspecified atom stereocenters. The van der Waals surface area contributed by atoms with Crippen LogP contribution >= 0.6 is 0 Å². The van der Waals surface area contributed by atoms with E-state index in [0.29, 0.717) is 31.2 Å². The molecule has 1 fully saturated rings. The molecule has 0 aromatic heterocycles. The van der Waals surface area contributed by atoms with Gasteiger partial charge in [0, 0.05) is 31.8 Å². The van der Waals surface area contributed by atoms with Crippen LogP contribution in [0.2, 0.25) is 0 Å². The number of rotatable bonds is 7. The number of morpholine rings is 1. The lowest BCUT2D eigenvalue weighted by molar-refractivity contribution is -0.137. The van der Waals surface area contributed by atoms with E-state index in [1.807, 2.05) is 0 Å². The molecule has 0 bridgehead atoms. The number of nitrogens with one attached hydrogen (secondary N) is 1. The Morgan fingerprint density at radius 1 is 1.30 bits per heavy atom. The minimum atomic E-state index is -4.39. The zero-order valence-corrected chi connectivity index (χ0v) is 15.8. The van der Waals surface area contributed by atoms with Gasteiger partial charge in [-0.2, -0.15) is 13.2 Å². The lowest BCUT2D eigenvalue weighted by atomic mass is 10.0. The topological polar surface area (TPSA) is 41.6 Å². The van der Waals surface area contributed by atoms with Crippen LogP contribution in [0, 0.1) is 5.92 Å². The van der Waals surface area contributed by atoms with Crippen LogP contribution in [-0.2, 0) is 15.7 Å². The largest absolute Gasteiger partial charge is 0.416 e. The van der Waals surface area contributed by atoms with Crippen LogP contribution in [0.25, 0.3) is 6.08 Å². The van der Waals surface area contributed by atoms with Crippen LogP contribution in [0.5, 0.6) is 0 Å². The predicted octanol–water partition coefficient (Wildman–Crippen LogP) is 3.58. The smallest absolute Gasteiger partial charge is 0.379 e. The molecule has 150 valence electrons. The summed E-state index contributed by atoms with van der Waals surface area (Å²) in [6, 6.07) is 5.13. The van der Waals surface area contributed by atoms with Crippen LogP contribution in [0.3, 0.4) is 0 Å². The predicted molar refractivity (Wildman–Crippen MR) is 99.1 cm³/mol. The van der Waals surface area contributed by atoms with Crippen molar-refractivity contribution in [2.75, 3.05) is 32.8 Å². The first kappa shape index (κ1) is 21.4. The maximum Gasteiger partial charge on any atom is 0.416 e. The van der Waals surface area contributed by atoms with E-state index in [1.165, 1.54) is 24.3 Å². The number of carbonyl (C=O) groups is 1. The highest BCUT2D eigenvalue weighted by Gasteiger charge is 2.30. The summed E-state index contributed by atoms with van der Waals surface area (Å²) in [5.41, 5.74) is -0.388. The van der Waals surface area contributed by atoms with Crippen molar-refractivity contribution in [2.24, 2.45) is 5.92 Å². The van der Waals surface area contributed by atoms with Crippen molar-refractivity contribution < 1.29 is 22.7 Å². The molecule has 7 heteroatoms. The van der Waals surface area contributed by atoms with Crippen molar-refractivity contribution in [1.29, 1.82) is 0 Å². The number of amides is 1. The molecule has 1 amide bonds. The van der Waals surface area contributed by atoms with Gasteiger partial charge in [0.05, 0.1) is 18.8 Å². The molecule has 0 saturated carbocycles. The summed E-state index contributed by atoms with van der Waals surface area (Å²) in [7, 11) is 0. The summed E-state index contributed by atoms with van der Waals surface area (Å²) >= 11 is 0.